The van der Waals surface area contributed by atoms with Gasteiger partial charge in [-0.3, -0.25) is 0 Å². The lowest BCUT2D eigenvalue weighted by Gasteiger charge is -2.23. The highest BCUT2D eigenvalue weighted by Gasteiger charge is 2.32. The molecule has 0 aliphatic carbocycles. The van der Waals surface area contributed by atoms with Crippen LogP contribution in [0.2, 0.25) is 0 Å². The third-order valence-corrected chi connectivity index (χ3v) is 2.77. The summed E-state index contributed by atoms with van der Waals surface area (Å²) < 4.78 is 37.0. The van der Waals surface area contributed by atoms with Crippen LogP contribution >= 0.6 is 0 Å². The number of anilines is 1. The van der Waals surface area contributed by atoms with Crippen LogP contribution in [0, 0.1) is 6.92 Å². The van der Waals surface area contributed by atoms with Crippen molar-refractivity contribution in [2.24, 2.45) is 0 Å². The van der Waals surface area contributed by atoms with E-state index in [2.05, 4.69) is 5.32 Å². The largest absolute Gasteiger partial charge is 0.478 e. The van der Waals surface area contributed by atoms with Gasteiger partial charge in [-0.15, -0.1) is 0 Å². The van der Waals surface area contributed by atoms with Crippen molar-refractivity contribution in [3.05, 3.63) is 29.3 Å². The van der Waals surface area contributed by atoms with E-state index in [0.717, 1.165) is 0 Å². The van der Waals surface area contributed by atoms with E-state index in [1.165, 1.54) is 25.1 Å². The molecule has 0 saturated carbocycles. The number of nitrogens with zero attached hydrogens (tertiary/aromatic N) is 1. The molecule has 5 nitrogen and oxygen atoms in total. The minimum atomic E-state index is -4.49. The first kappa shape index (κ1) is 16.8. The average molecular weight is 304 g/mol. The van der Waals surface area contributed by atoms with E-state index in [-0.39, 0.29) is 17.8 Å². The molecule has 1 aromatic carbocycles. The quantitative estimate of drug-likeness (QED) is 0.898. The van der Waals surface area contributed by atoms with Crippen LogP contribution in [0.3, 0.4) is 0 Å². The van der Waals surface area contributed by atoms with Gasteiger partial charge in [0.05, 0.1) is 5.56 Å². The number of hydrogen-bond donors (Lipinski definition) is 2. The Labute approximate surface area is 119 Å². The summed E-state index contributed by atoms with van der Waals surface area (Å²) in [5.74, 6) is -1.19. The van der Waals surface area contributed by atoms with Crippen molar-refractivity contribution in [3.8, 4) is 0 Å². The molecule has 0 saturated heterocycles. The second kappa shape index (κ2) is 6.47. The van der Waals surface area contributed by atoms with Crippen molar-refractivity contribution in [2.75, 3.05) is 18.4 Å². The molecule has 0 fully saturated rings. The van der Waals surface area contributed by atoms with Gasteiger partial charge < -0.3 is 15.3 Å². The topological polar surface area (TPSA) is 69.6 Å². The highest BCUT2D eigenvalue weighted by Crippen LogP contribution is 2.20. The summed E-state index contributed by atoms with van der Waals surface area (Å²) in [6.45, 7) is 1.54. The van der Waals surface area contributed by atoms with Crippen LogP contribution in [-0.4, -0.2) is 41.3 Å². The fourth-order valence-electron chi connectivity index (χ4n) is 1.63. The summed E-state index contributed by atoms with van der Waals surface area (Å²) in [7, 11) is 0. The molecule has 2 N–H and O–H groups in total. The number of benzene rings is 1. The van der Waals surface area contributed by atoms with E-state index in [0.29, 0.717) is 10.5 Å². The number of carbonyl (C=O) groups excluding carboxylic acids is 1. The summed E-state index contributed by atoms with van der Waals surface area (Å²) in [6, 6.07) is 3.09. The summed E-state index contributed by atoms with van der Waals surface area (Å²) >= 11 is 0. The van der Waals surface area contributed by atoms with Crippen molar-refractivity contribution in [1.82, 2.24) is 4.90 Å². The summed E-state index contributed by atoms with van der Waals surface area (Å²) in [5, 5.41) is 11.2. The van der Waals surface area contributed by atoms with E-state index in [1.54, 1.807) is 6.92 Å². The molecule has 21 heavy (non-hydrogen) atoms. The molecule has 1 rings (SSSR count). The second-order valence-electron chi connectivity index (χ2n) is 4.39. The lowest BCUT2D eigenvalue weighted by Crippen LogP contribution is -2.41. The van der Waals surface area contributed by atoms with E-state index >= 15 is 0 Å². The number of carboxylic acid groups (broad SMARTS) is 1. The lowest BCUT2D eigenvalue weighted by atomic mass is 10.1. The molecule has 1 aromatic rings. The Morgan fingerprint density at radius 2 is 1.95 bits per heavy atom. The SMILES string of the molecule is CCN(CC(F)(F)F)C(=O)Nc1cc(C(=O)O)ccc1C. The Bertz CT molecular complexity index is 544. The zero-order valence-electron chi connectivity index (χ0n) is 11.5. The molecular formula is C13H15F3N2O3. The maximum absolute atomic E-state index is 12.3. The van der Waals surface area contributed by atoms with Crippen molar-refractivity contribution >= 4 is 17.7 Å². The van der Waals surface area contributed by atoms with E-state index in [9.17, 15) is 22.8 Å². The van der Waals surface area contributed by atoms with Crippen LogP contribution in [0.5, 0.6) is 0 Å². The summed E-state index contributed by atoms with van der Waals surface area (Å²) in [6.07, 6.45) is -4.49. The molecule has 0 radical (unpaired) electrons. The van der Waals surface area contributed by atoms with Gasteiger partial charge in [0.2, 0.25) is 0 Å². The van der Waals surface area contributed by atoms with Gasteiger partial charge in [-0.2, -0.15) is 13.2 Å². The lowest BCUT2D eigenvalue weighted by molar-refractivity contribution is -0.139. The molecule has 0 unspecified atom stereocenters. The predicted octanol–water partition coefficient (Wildman–Crippen LogP) is 3.11. The number of aryl methyl sites for hydroxylation is 1. The number of nitrogens with one attached hydrogen (secondary N) is 1. The summed E-state index contributed by atoms with van der Waals surface area (Å²) in [5.41, 5.74) is 0.659. The Morgan fingerprint density at radius 3 is 2.43 bits per heavy atom. The van der Waals surface area contributed by atoms with Crippen LogP contribution in [0.15, 0.2) is 18.2 Å². The number of alkyl halides is 3. The minimum Gasteiger partial charge on any atom is -0.478 e. The molecule has 8 heteroatoms. The summed E-state index contributed by atoms with van der Waals surface area (Å²) in [4.78, 5) is 23.3. The number of rotatable bonds is 4. The zero-order chi connectivity index (χ0) is 16.2. The highest BCUT2D eigenvalue weighted by atomic mass is 19.4. The number of carbonyl (C=O) groups is 2. The molecule has 0 bridgehead atoms. The molecular weight excluding hydrogens is 289 g/mol. The normalized spacial score (nSPS) is 11.1. The van der Waals surface area contributed by atoms with E-state index < -0.39 is 24.7 Å². The second-order valence-corrected chi connectivity index (χ2v) is 4.39. The van der Waals surface area contributed by atoms with Gasteiger partial charge in [0.1, 0.15) is 6.54 Å². The standard InChI is InChI=1S/C13H15F3N2O3/c1-3-18(7-13(14,15)16)12(21)17-10-6-9(11(19)20)5-4-8(10)2/h4-6H,3,7H2,1-2H3,(H,17,21)(H,19,20). The smallest absolute Gasteiger partial charge is 0.406 e. The minimum absolute atomic E-state index is 0.0604. The number of amides is 2. The first-order valence-corrected chi connectivity index (χ1v) is 6.10. The van der Waals surface area contributed by atoms with Crippen molar-refractivity contribution in [3.63, 3.8) is 0 Å². The Hall–Kier alpha value is -2.25. The number of carboxylic acids is 1. The van der Waals surface area contributed by atoms with E-state index in [1.807, 2.05) is 0 Å². The van der Waals surface area contributed by atoms with Gasteiger partial charge in [-0.05, 0) is 31.5 Å². The third kappa shape index (κ3) is 4.97. The molecule has 116 valence electrons. The molecule has 2 amide bonds. The van der Waals surface area contributed by atoms with Crippen LogP contribution in [0.25, 0.3) is 0 Å². The van der Waals surface area contributed by atoms with Gasteiger partial charge in [0.15, 0.2) is 0 Å². The van der Waals surface area contributed by atoms with Gasteiger partial charge in [0, 0.05) is 12.2 Å². The monoisotopic (exact) mass is 304 g/mol. The Kier molecular flexibility index (Phi) is 5.17. The molecule has 0 aromatic heterocycles. The van der Waals surface area contributed by atoms with Crippen molar-refractivity contribution in [1.29, 1.82) is 0 Å². The number of hydrogen-bond acceptors (Lipinski definition) is 2. The van der Waals surface area contributed by atoms with Crippen LogP contribution < -0.4 is 5.32 Å². The van der Waals surface area contributed by atoms with E-state index in [4.69, 9.17) is 5.11 Å². The third-order valence-electron chi connectivity index (χ3n) is 2.77. The first-order chi connectivity index (χ1) is 9.64. The van der Waals surface area contributed by atoms with Crippen molar-refractivity contribution in [2.45, 2.75) is 20.0 Å². The predicted molar refractivity (Wildman–Crippen MR) is 70.5 cm³/mol. The van der Waals surface area contributed by atoms with Gasteiger partial charge in [-0.25, -0.2) is 9.59 Å². The fraction of sp³-hybridized carbons (Fsp3) is 0.385. The number of aromatic carboxylic acids is 1. The molecule has 0 aliphatic heterocycles. The number of halogens is 3. The number of urea groups is 1. The van der Waals surface area contributed by atoms with Gasteiger partial charge in [-0.1, -0.05) is 6.07 Å². The Balaban J connectivity index is 2.91. The molecule has 0 heterocycles. The van der Waals surface area contributed by atoms with Crippen LogP contribution in [0.4, 0.5) is 23.7 Å². The maximum atomic E-state index is 12.3. The fourth-order valence-corrected chi connectivity index (χ4v) is 1.63. The molecule has 0 aliphatic rings. The zero-order valence-corrected chi connectivity index (χ0v) is 11.5. The highest BCUT2D eigenvalue weighted by molar-refractivity contribution is 5.94. The van der Waals surface area contributed by atoms with Gasteiger partial charge >= 0.3 is 18.2 Å². The maximum Gasteiger partial charge on any atom is 0.406 e. The molecule has 0 spiro atoms. The van der Waals surface area contributed by atoms with Crippen molar-refractivity contribution < 1.29 is 27.9 Å². The Morgan fingerprint density at radius 1 is 1.33 bits per heavy atom. The average Bonchev–Trinajstić information content (AvgIpc) is 2.37. The van der Waals surface area contributed by atoms with Crippen LogP contribution in [-0.2, 0) is 0 Å². The van der Waals surface area contributed by atoms with Gasteiger partial charge in [0.25, 0.3) is 0 Å². The van der Waals surface area contributed by atoms with Crippen LogP contribution in [0.1, 0.15) is 22.8 Å². The first-order valence-electron chi connectivity index (χ1n) is 6.10. The molecule has 0 atom stereocenters.